The molecule has 0 aromatic rings. The molecule has 0 atom stereocenters. The highest BCUT2D eigenvalue weighted by Gasteiger charge is 1.85. The van der Waals surface area contributed by atoms with Gasteiger partial charge in [0.2, 0.25) is 0 Å². The van der Waals surface area contributed by atoms with E-state index in [1.807, 2.05) is 0 Å². The molecule has 0 saturated carbocycles. The molecule has 0 aromatic carbocycles. The first-order valence-corrected chi connectivity index (χ1v) is 4.02. The fourth-order valence-electron chi connectivity index (χ4n) is 0.746. The summed E-state index contributed by atoms with van der Waals surface area (Å²) in [6, 6.07) is 0. The molecule has 0 aromatic heterocycles. The first kappa shape index (κ1) is 43.2. The van der Waals surface area contributed by atoms with Crippen molar-refractivity contribution >= 4 is 74.4 Å². The number of hydrogen-bond acceptors (Lipinski definition) is 3. The summed E-state index contributed by atoms with van der Waals surface area (Å²) >= 11 is 0. The summed E-state index contributed by atoms with van der Waals surface area (Å²) in [5.41, 5.74) is 10.6. The molecule has 0 radical (unpaired) electrons. The molecule has 16 heavy (non-hydrogen) atoms. The third-order valence-corrected chi connectivity index (χ3v) is 1.37. The van der Waals surface area contributed by atoms with Gasteiger partial charge < -0.3 is 16.8 Å². The molecule has 0 fully saturated rings. The van der Waals surface area contributed by atoms with Gasteiger partial charge in [-0.1, -0.05) is 0 Å². The van der Waals surface area contributed by atoms with Gasteiger partial charge in [-0.15, -0.1) is 74.4 Å². The molecule has 110 valence electrons. The summed E-state index contributed by atoms with van der Waals surface area (Å²) < 4.78 is 0. The minimum atomic E-state index is 0. The molecule has 0 unspecified atom stereocenters. The molecule has 0 rings (SSSR count). The maximum atomic E-state index is 5.32. The highest BCUT2D eigenvalue weighted by Crippen LogP contribution is 1.81. The van der Waals surface area contributed by atoms with Crippen molar-refractivity contribution < 1.29 is 0 Å². The number of hydrogen-bond donors (Lipinski definition) is 3. The van der Waals surface area contributed by atoms with E-state index in [1.165, 1.54) is 6.42 Å². The zero-order chi connectivity index (χ0) is 7.66. The van der Waals surface area contributed by atoms with Crippen LogP contribution in [0.3, 0.4) is 0 Å². The van der Waals surface area contributed by atoms with Crippen LogP contribution >= 0.6 is 74.4 Å². The van der Waals surface area contributed by atoms with Crippen LogP contribution in [0.15, 0.2) is 0 Å². The van der Waals surface area contributed by atoms with Crippen molar-refractivity contribution in [2.75, 3.05) is 26.2 Å². The van der Waals surface area contributed by atoms with Crippen molar-refractivity contribution in [1.29, 1.82) is 0 Å². The highest BCUT2D eigenvalue weighted by molar-refractivity contribution is 5.86. The Bertz CT molecular complexity index is 64.1. The van der Waals surface area contributed by atoms with E-state index >= 15 is 0 Å². The Morgan fingerprint density at radius 3 is 1.31 bits per heavy atom. The van der Waals surface area contributed by atoms with Crippen LogP contribution in [0, 0.1) is 0 Å². The maximum absolute atomic E-state index is 5.32. The normalized spacial score (nSPS) is 6.38. The van der Waals surface area contributed by atoms with E-state index in [2.05, 4.69) is 5.32 Å². The van der Waals surface area contributed by atoms with Crippen molar-refractivity contribution in [1.82, 2.24) is 5.32 Å². The number of unbranched alkanes of at least 4 members (excludes halogenated alkanes) is 1. The minimum Gasteiger partial charge on any atom is -0.330 e. The second kappa shape index (κ2) is 43.8. The predicted octanol–water partition coefficient (Wildman–Crippen LogP) is 2.19. The zero-order valence-electron chi connectivity index (χ0n) is 9.05. The summed E-state index contributed by atoms with van der Waals surface area (Å²) in [5, 5.41) is 3.29. The van der Waals surface area contributed by atoms with Crippen molar-refractivity contribution in [3.8, 4) is 0 Å². The molecule has 0 spiro atoms. The van der Waals surface area contributed by atoms with Crippen LogP contribution in [0.4, 0.5) is 0 Å². The van der Waals surface area contributed by atoms with Crippen LogP contribution in [0.25, 0.3) is 0 Å². The van der Waals surface area contributed by atoms with Gasteiger partial charge in [0.25, 0.3) is 0 Å². The predicted molar refractivity (Wildman–Crippen MR) is 88.3 cm³/mol. The summed E-state index contributed by atoms with van der Waals surface area (Å²) in [6.45, 7) is 3.71. The van der Waals surface area contributed by atoms with Crippen LogP contribution in [0.2, 0.25) is 0 Å². The standard InChI is InChI=1S/C7H19N3.6ClH/c8-4-1-2-6-10-7-3-5-9;;;;;;/h10H,1-9H2;6*1H. The van der Waals surface area contributed by atoms with Gasteiger partial charge >= 0.3 is 0 Å². The van der Waals surface area contributed by atoms with Gasteiger partial charge in [-0.2, -0.15) is 0 Å². The quantitative estimate of drug-likeness (QED) is 0.607. The third kappa shape index (κ3) is 44.9. The smallest absolute Gasteiger partial charge is 0.00369 e. The fourth-order valence-corrected chi connectivity index (χ4v) is 0.746. The largest absolute Gasteiger partial charge is 0.330 e. The van der Waals surface area contributed by atoms with E-state index in [-0.39, 0.29) is 74.4 Å². The van der Waals surface area contributed by atoms with Crippen molar-refractivity contribution in [3.63, 3.8) is 0 Å². The van der Waals surface area contributed by atoms with E-state index < -0.39 is 0 Å². The lowest BCUT2D eigenvalue weighted by atomic mass is 10.3. The first-order valence-electron chi connectivity index (χ1n) is 4.02. The number of halogens is 6. The Morgan fingerprint density at radius 1 is 0.562 bits per heavy atom. The Balaban J connectivity index is -0.0000000270. The Morgan fingerprint density at radius 2 is 0.938 bits per heavy atom. The highest BCUT2D eigenvalue weighted by atomic mass is 35.5. The van der Waals surface area contributed by atoms with E-state index in [4.69, 9.17) is 11.5 Å². The van der Waals surface area contributed by atoms with Gasteiger partial charge in [-0.05, 0) is 45.4 Å². The Hall–Kier alpha value is 1.62. The molecule has 9 heteroatoms. The molecule has 3 nitrogen and oxygen atoms in total. The number of rotatable bonds is 7. The minimum absolute atomic E-state index is 0. The molecule has 0 heterocycles. The van der Waals surface area contributed by atoms with E-state index in [1.54, 1.807) is 0 Å². The lowest BCUT2D eigenvalue weighted by Gasteiger charge is -2.01. The molecule has 0 amide bonds. The maximum Gasteiger partial charge on any atom is -0.00369 e. The summed E-state index contributed by atoms with van der Waals surface area (Å²) in [4.78, 5) is 0. The van der Waals surface area contributed by atoms with Gasteiger partial charge in [-0.3, -0.25) is 0 Å². The van der Waals surface area contributed by atoms with Crippen LogP contribution in [0.1, 0.15) is 19.3 Å². The second-order valence-corrected chi connectivity index (χ2v) is 2.39. The van der Waals surface area contributed by atoms with E-state index in [0.29, 0.717) is 0 Å². The lowest BCUT2D eigenvalue weighted by Crippen LogP contribution is -2.19. The van der Waals surface area contributed by atoms with Gasteiger partial charge in [0.15, 0.2) is 0 Å². The molecular formula is C7H25Cl6N3. The molecule has 0 aliphatic carbocycles. The summed E-state index contributed by atoms with van der Waals surface area (Å²) in [5.74, 6) is 0. The van der Waals surface area contributed by atoms with Gasteiger partial charge in [-0.25, -0.2) is 0 Å². The van der Waals surface area contributed by atoms with Crippen LogP contribution in [0.5, 0.6) is 0 Å². The summed E-state index contributed by atoms with van der Waals surface area (Å²) in [7, 11) is 0. The Kier molecular flexibility index (Phi) is 118. The topological polar surface area (TPSA) is 64.1 Å². The van der Waals surface area contributed by atoms with E-state index in [9.17, 15) is 0 Å². The van der Waals surface area contributed by atoms with Crippen molar-refractivity contribution in [2.45, 2.75) is 19.3 Å². The monoisotopic (exact) mass is 361 g/mol. The molecule has 0 saturated heterocycles. The van der Waals surface area contributed by atoms with Crippen molar-refractivity contribution in [3.05, 3.63) is 0 Å². The van der Waals surface area contributed by atoms with Gasteiger partial charge in [0.05, 0.1) is 0 Å². The molecule has 0 bridgehead atoms. The average molecular weight is 364 g/mol. The number of nitrogens with two attached hydrogens (primary N) is 2. The number of nitrogens with one attached hydrogen (secondary N) is 1. The lowest BCUT2D eigenvalue weighted by molar-refractivity contribution is 0.611. The zero-order valence-corrected chi connectivity index (χ0v) is 14.0. The fraction of sp³-hybridized carbons (Fsp3) is 1.00. The summed E-state index contributed by atoms with van der Waals surface area (Å²) in [6.07, 6.45) is 3.37. The molecular weight excluding hydrogens is 339 g/mol. The van der Waals surface area contributed by atoms with Gasteiger partial charge in [0.1, 0.15) is 0 Å². The third-order valence-electron chi connectivity index (χ3n) is 1.37. The molecule has 0 aliphatic rings. The van der Waals surface area contributed by atoms with Crippen LogP contribution < -0.4 is 16.8 Å². The molecule has 0 aliphatic heterocycles. The average Bonchev–Trinajstić information content (AvgIpc) is 1.97. The molecule has 5 N–H and O–H groups in total. The van der Waals surface area contributed by atoms with Gasteiger partial charge in [0, 0.05) is 0 Å². The van der Waals surface area contributed by atoms with Crippen molar-refractivity contribution in [2.24, 2.45) is 11.5 Å². The van der Waals surface area contributed by atoms with E-state index in [0.717, 1.165) is 39.0 Å². The van der Waals surface area contributed by atoms with Crippen LogP contribution in [-0.2, 0) is 0 Å². The SMILES string of the molecule is Cl.Cl.Cl.Cl.Cl.Cl.NCCCCNCCCN. The van der Waals surface area contributed by atoms with Crippen LogP contribution in [-0.4, -0.2) is 26.2 Å². The second-order valence-electron chi connectivity index (χ2n) is 2.39. The first-order chi connectivity index (χ1) is 4.91. The Labute approximate surface area is 136 Å².